The Balaban J connectivity index is 1.36. The number of hydrogen-bond acceptors (Lipinski definition) is 13. The van der Waals surface area contributed by atoms with Gasteiger partial charge < -0.3 is 42.8 Å². The Morgan fingerprint density at radius 3 is 1.88 bits per heavy atom. The van der Waals surface area contributed by atoms with Crippen LogP contribution in [0.2, 0.25) is 0 Å². The molecule has 68 heavy (non-hydrogen) atoms. The molecule has 1 N–H and O–H groups in total. The number of nitrogens with zero attached hydrogens (tertiary/aromatic N) is 4. The molecule has 0 radical (unpaired) electrons. The number of hydrogen-bond donors (Lipinski definition) is 1. The third kappa shape index (κ3) is 12.3. The lowest BCUT2D eigenvalue weighted by Gasteiger charge is -2.39. The second-order valence-electron chi connectivity index (χ2n) is 17.8. The van der Waals surface area contributed by atoms with E-state index in [4.69, 9.17) is 37.5 Å². The number of nitrogens with one attached hydrogen (secondary N) is 1. The zero-order valence-electron chi connectivity index (χ0n) is 40.6. The molecule has 1 aliphatic rings. The maximum Gasteiger partial charge on any atom is 0.351 e. The van der Waals surface area contributed by atoms with Crippen LogP contribution >= 0.6 is 8.53 Å². The van der Waals surface area contributed by atoms with Gasteiger partial charge in [0.05, 0.1) is 39.9 Å². The Kier molecular flexibility index (Phi) is 17.9. The van der Waals surface area contributed by atoms with Crippen LogP contribution in [-0.2, 0) is 39.1 Å². The van der Waals surface area contributed by atoms with Gasteiger partial charge in [-0.3, -0.25) is 9.36 Å². The molecular formula is C52H64N5O10P. The lowest BCUT2D eigenvalue weighted by Crippen LogP contribution is -2.43. The first kappa shape index (κ1) is 51.7. The molecule has 1 aromatic heterocycles. The molecule has 0 spiro atoms. The number of anilines is 1. The molecule has 0 bridgehead atoms. The molecule has 6 rings (SSSR count). The first-order valence-electron chi connectivity index (χ1n) is 22.7. The Labute approximate surface area is 401 Å². The van der Waals surface area contributed by atoms with Crippen LogP contribution in [0, 0.1) is 11.3 Å². The van der Waals surface area contributed by atoms with Crippen molar-refractivity contribution in [1.82, 2.24) is 14.2 Å². The summed E-state index contributed by atoms with van der Waals surface area (Å²) in [7, 11) is 2.93. The zero-order valence-corrected chi connectivity index (χ0v) is 41.5. The van der Waals surface area contributed by atoms with Crippen LogP contribution in [0.25, 0.3) is 0 Å². The van der Waals surface area contributed by atoms with E-state index in [-0.39, 0.29) is 49.6 Å². The van der Waals surface area contributed by atoms with Crippen molar-refractivity contribution in [3.63, 3.8) is 0 Å². The second-order valence-corrected chi connectivity index (χ2v) is 19.2. The van der Waals surface area contributed by atoms with Gasteiger partial charge in [-0.1, -0.05) is 87.5 Å². The second kappa shape index (κ2) is 23.6. The molecule has 362 valence electrons. The van der Waals surface area contributed by atoms with Crippen LogP contribution < -0.4 is 25.2 Å². The standard InChI is InChI=1S/C52H64N5O10P/c1-35(2)57(36(3)4)68(65-32-14-30-53)67-47-44(33-64-52(38-15-12-11-13-16-38,39-19-23-41(60-8)24-20-39)40-21-25-42(61-9)26-22-40)66-49(48(47)62-10)56-31-29-45(55-50(56)59)54-46(58)34-63-43-27-17-37(18-28-43)51(5,6)7/h11-13,15-29,31,35-36,44,47-49H,14,32-34H2,1-10H3,(H,54,55,58,59)/t44?,47-,48-,49-,68?/m1/s1. The number of aromatic nitrogens is 2. The summed E-state index contributed by atoms with van der Waals surface area (Å²) in [4.78, 5) is 31.3. The Morgan fingerprint density at radius 2 is 1.37 bits per heavy atom. The number of carbonyl (C=O) groups excluding carboxylic acids is 1. The Morgan fingerprint density at radius 1 is 0.809 bits per heavy atom. The molecule has 16 heteroatoms. The predicted molar refractivity (Wildman–Crippen MR) is 261 cm³/mol. The topological polar surface area (TPSA) is 165 Å². The van der Waals surface area contributed by atoms with Crippen LogP contribution in [0.15, 0.2) is 120 Å². The van der Waals surface area contributed by atoms with Crippen molar-refractivity contribution < 1.29 is 42.3 Å². The van der Waals surface area contributed by atoms with Gasteiger partial charge in [-0.2, -0.15) is 10.2 Å². The zero-order chi connectivity index (χ0) is 49.0. The fraction of sp³-hybridized carbons (Fsp3) is 0.423. The third-order valence-corrected chi connectivity index (χ3v) is 13.7. The molecule has 4 aromatic carbocycles. The average Bonchev–Trinajstić information content (AvgIpc) is 3.67. The highest BCUT2D eigenvalue weighted by Gasteiger charge is 2.51. The van der Waals surface area contributed by atoms with Crippen molar-refractivity contribution >= 4 is 20.3 Å². The summed E-state index contributed by atoms with van der Waals surface area (Å²) in [5.41, 5.74) is 1.63. The van der Waals surface area contributed by atoms with E-state index in [0.717, 1.165) is 22.3 Å². The summed E-state index contributed by atoms with van der Waals surface area (Å²) < 4.78 is 54.1. The van der Waals surface area contributed by atoms with E-state index >= 15 is 0 Å². The van der Waals surface area contributed by atoms with Gasteiger partial charge in [0, 0.05) is 25.4 Å². The SMILES string of the molecule is COc1ccc(C(OCC2O[C@@H](n3ccc(NC(=O)COc4ccc(C(C)(C)C)cc4)nc3=O)[C@H](OC)[C@@H]2OP(OCCC#N)N(C(C)C)C(C)C)(c2ccccc2)c2ccc(OC)cc2)cc1. The van der Waals surface area contributed by atoms with Gasteiger partial charge in [-0.05, 0) is 97.8 Å². The highest BCUT2D eigenvalue weighted by atomic mass is 31.2. The van der Waals surface area contributed by atoms with Crippen molar-refractivity contribution in [2.45, 2.75) is 103 Å². The van der Waals surface area contributed by atoms with Crippen molar-refractivity contribution in [3.8, 4) is 23.3 Å². The predicted octanol–water partition coefficient (Wildman–Crippen LogP) is 9.16. The molecule has 0 saturated carbocycles. The van der Waals surface area contributed by atoms with E-state index in [1.54, 1.807) is 14.2 Å². The lowest BCUT2D eigenvalue weighted by molar-refractivity contribution is -0.118. The fourth-order valence-electron chi connectivity index (χ4n) is 8.18. The van der Waals surface area contributed by atoms with Gasteiger partial charge in [-0.25, -0.2) is 9.46 Å². The maximum atomic E-state index is 14.0. The molecule has 0 aliphatic carbocycles. The first-order valence-corrected chi connectivity index (χ1v) is 23.8. The summed E-state index contributed by atoms with van der Waals surface area (Å²) in [5.74, 6) is 1.43. The summed E-state index contributed by atoms with van der Waals surface area (Å²) in [6.07, 6.45) is -2.09. The number of nitriles is 1. The van der Waals surface area contributed by atoms with E-state index in [9.17, 15) is 14.9 Å². The minimum atomic E-state index is -1.83. The summed E-state index contributed by atoms with van der Waals surface area (Å²) in [6, 6.07) is 36.5. The van der Waals surface area contributed by atoms with Crippen LogP contribution in [0.3, 0.4) is 0 Å². The van der Waals surface area contributed by atoms with E-state index in [1.165, 1.54) is 23.9 Å². The van der Waals surface area contributed by atoms with E-state index < -0.39 is 50.3 Å². The maximum absolute atomic E-state index is 14.0. The van der Waals surface area contributed by atoms with Gasteiger partial charge in [0.2, 0.25) is 0 Å². The van der Waals surface area contributed by atoms with Crippen LogP contribution in [0.1, 0.15) is 83.4 Å². The molecule has 2 heterocycles. The number of rotatable bonds is 22. The highest BCUT2D eigenvalue weighted by molar-refractivity contribution is 7.44. The van der Waals surface area contributed by atoms with Gasteiger partial charge in [0.15, 0.2) is 12.8 Å². The lowest BCUT2D eigenvalue weighted by atomic mass is 9.80. The van der Waals surface area contributed by atoms with Crippen LogP contribution in [0.5, 0.6) is 17.2 Å². The van der Waals surface area contributed by atoms with Crippen molar-refractivity contribution in [2.75, 3.05) is 46.5 Å². The molecule has 15 nitrogen and oxygen atoms in total. The van der Waals surface area contributed by atoms with E-state index in [2.05, 4.69) is 69.5 Å². The van der Waals surface area contributed by atoms with Gasteiger partial charge in [-0.15, -0.1) is 0 Å². The normalized spacial score (nSPS) is 17.8. The Bertz CT molecular complexity index is 2420. The monoisotopic (exact) mass is 949 g/mol. The summed E-state index contributed by atoms with van der Waals surface area (Å²) >= 11 is 0. The minimum Gasteiger partial charge on any atom is -0.497 e. The van der Waals surface area contributed by atoms with Gasteiger partial charge >= 0.3 is 5.69 Å². The highest BCUT2D eigenvalue weighted by Crippen LogP contribution is 2.51. The Hall–Kier alpha value is -5.69. The summed E-state index contributed by atoms with van der Waals surface area (Å²) in [6.45, 7) is 14.3. The first-order chi connectivity index (χ1) is 32.6. The molecule has 1 saturated heterocycles. The molecule has 1 amide bonds. The summed E-state index contributed by atoms with van der Waals surface area (Å²) in [5, 5.41) is 12.1. The fourth-order valence-corrected chi connectivity index (χ4v) is 9.95. The largest absolute Gasteiger partial charge is 0.497 e. The number of carbonyl (C=O) groups is 1. The quantitative estimate of drug-likeness (QED) is 0.0397. The molecule has 1 aliphatic heterocycles. The molecule has 5 atom stereocenters. The minimum absolute atomic E-state index is 0.0122. The third-order valence-electron chi connectivity index (χ3n) is 11.5. The van der Waals surface area contributed by atoms with Crippen LogP contribution in [0.4, 0.5) is 5.82 Å². The number of methoxy groups -OCH3 is 3. The van der Waals surface area contributed by atoms with Crippen LogP contribution in [-0.4, -0.2) is 91.7 Å². The molecule has 2 unspecified atom stereocenters. The van der Waals surface area contributed by atoms with Crippen molar-refractivity contribution in [2.24, 2.45) is 0 Å². The van der Waals surface area contributed by atoms with Gasteiger partial charge in [0.1, 0.15) is 47.0 Å². The molecular weight excluding hydrogens is 886 g/mol. The van der Waals surface area contributed by atoms with E-state index in [0.29, 0.717) is 17.2 Å². The van der Waals surface area contributed by atoms with Crippen molar-refractivity contribution in [1.29, 1.82) is 5.26 Å². The van der Waals surface area contributed by atoms with Crippen molar-refractivity contribution in [3.05, 3.63) is 148 Å². The number of benzene rings is 4. The number of ether oxygens (including phenoxy) is 6. The molecule has 5 aromatic rings. The average molecular weight is 950 g/mol. The van der Waals surface area contributed by atoms with E-state index in [1.807, 2.05) is 103 Å². The van der Waals surface area contributed by atoms with Gasteiger partial charge in [0.25, 0.3) is 14.4 Å². The molecule has 1 fully saturated rings. The number of amides is 1. The smallest absolute Gasteiger partial charge is 0.351 e.